The fourth-order valence-corrected chi connectivity index (χ4v) is 3.69. The van der Waals surface area contributed by atoms with Crippen molar-refractivity contribution < 1.29 is 15.0 Å². The topological polar surface area (TPSA) is 57.5 Å². The normalized spacial score (nSPS) is 34.5. The molecular formula is C12H20O3. The van der Waals surface area contributed by atoms with Crippen LogP contribution in [-0.2, 0) is 4.79 Å². The van der Waals surface area contributed by atoms with Gasteiger partial charge in [0.15, 0.2) is 0 Å². The van der Waals surface area contributed by atoms with Gasteiger partial charge in [0.25, 0.3) is 0 Å². The van der Waals surface area contributed by atoms with E-state index in [9.17, 15) is 9.90 Å². The van der Waals surface area contributed by atoms with Crippen LogP contribution in [0.1, 0.15) is 57.8 Å². The third-order valence-electron chi connectivity index (χ3n) is 4.49. The van der Waals surface area contributed by atoms with Gasteiger partial charge in [0.2, 0.25) is 0 Å². The molecule has 0 saturated heterocycles. The second kappa shape index (κ2) is 3.78. The summed E-state index contributed by atoms with van der Waals surface area (Å²) in [5.74, 6) is -0.857. The molecule has 3 nitrogen and oxygen atoms in total. The fourth-order valence-electron chi connectivity index (χ4n) is 3.69. The molecule has 1 unspecified atom stereocenters. The highest BCUT2D eigenvalue weighted by Crippen LogP contribution is 2.56. The summed E-state index contributed by atoms with van der Waals surface area (Å²) < 4.78 is 0. The number of carboxylic acids is 1. The minimum absolute atomic E-state index is 0.0625. The number of aliphatic carboxylic acids is 1. The zero-order chi connectivity index (χ0) is 10.9. The Hall–Kier alpha value is -0.570. The fraction of sp³-hybridized carbons (Fsp3) is 0.917. The molecule has 0 heterocycles. The lowest BCUT2D eigenvalue weighted by atomic mass is 9.64. The van der Waals surface area contributed by atoms with Gasteiger partial charge in [0, 0.05) is 0 Å². The number of carboxylic acid groups (broad SMARTS) is 1. The SMILES string of the molecule is O=C(O)CC1(O)CCCC12CCCCC2. The second-order valence-corrected chi connectivity index (χ2v) is 5.30. The molecule has 1 spiro atoms. The molecule has 0 aromatic heterocycles. The summed E-state index contributed by atoms with van der Waals surface area (Å²) in [6.07, 6.45) is 8.23. The minimum Gasteiger partial charge on any atom is -0.481 e. The zero-order valence-electron chi connectivity index (χ0n) is 9.17. The van der Waals surface area contributed by atoms with Crippen molar-refractivity contribution in [2.75, 3.05) is 0 Å². The first-order chi connectivity index (χ1) is 7.08. The third-order valence-corrected chi connectivity index (χ3v) is 4.49. The lowest BCUT2D eigenvalue weighted by Crippen LogP contribution is -2.46. The monoisotopic (exact) mass is 212 g/mol. The Morgan fingerprint density at radius 2 is 1.60 bits per heavy atom. The summed E-state index contributed by atoms with van der Waals surface area (Å²) >= 11 is 0. The summed E-state index contributed by atoms with van der Waals surface area (Å²) in [6.45, 7) is 0. The molecule has 2 N–H and O–H groups in total. The van der Waals surface area contributed by atoms with E-state index in [-0.39, 0.29) is 11.8 Å². The summed E-state index contributed by atoms with van der Waals surface area (Å²) in [4.78, 5) is 10.8. The standard InChI is InChI=1S/C12H20O3/c13-10(14)9-12(15)8-4-7-11(12)5-2-1-3-6-11/h15H,1-9H2,(H,13,14). The Balaban J connectivity index is 2.18. The number of aliphatic hydroxyl groups is 1. The predicted octanol–water partition coefficient (Wildman–Crippen LogP) is 2.33. The van der Waals surface area contributed by atoms with Crippen molar-refractivity contribution in [3.05, 3.63) is 0 Å². The van der Waals surface area contributed by atoms with E-state index in [1.54, 1.807) is 0 Å². The lowest BCUT2D eigenvalue weighted by Gasteiger charge is -2.44. The molecule has 2 aliphatic rings. The zero-order valence-corrected chi connectivity index (χ0v) is 9.17. The van der Waals surface area contributed by atoms with Gasteiger partial charge in [-0.1, -0.05) is 19.3 Å². The Labute approximate surface area is 90.5 Å². The van der Waals surface area contributed by atoms with Crippen molar-refractivity contribution in [3.63, 3.8) is 0 Å². The van der Waals surface area contributed by atoms with Gasteiger partial charge in [-0.25, -0.2) is 0 Å². The molecular weight excluding hydrogens is 192 g/mol. The highest BCUT2D eigenvalue weighted by Gasteiger charge is 2.54. The van der Waals surface area contributed by atoms with Gasteiger partial charge in [0.05, 0.1) is 12.0 Å². The largest absolute Gasteiger partial charge is 0.481 e. The Morgan fingerprint density at radius 1 is 1.00 bits per heavy atom. The Bertz CT molecular complexity index is 256. The van der Waals surface area contributed by atoms with E-state index in [1.807, 2.05) is 0 Å². The molecule has 0 aliphatic heterocycles. The third kappa shape index (κ3) is 1.78. The quantitative estimate of drug-likeness (QED) is 0.738. The summed E-state index contributed by atoms with van der Waals surface area (Å²) in [7, 11) is 0. The Kier molecular flexibility index (Phi) is 2.75. The van der Waals surface area contributed by atoms with Crippen molar-refractivity contribution in [2.24, 2.45) is 5.41 Å². The van der Waals surface area contributed by atoms with Gasteiger partial charge in [-0.3, -0.25) is 4.79 Å². The average Bonchev–Trinajstić information content (AvgIpc) is 2.44. The molecule has 0 bridgehead atoms. The maximum Gasteiger partial charge on any atom is 0.306 e. The number of hydrogen-bond acceptors (Lipinski definition) is 2. The van der Waals surface area contributed by atoms with Crippen LogP contribution in [0.2, 0.25) is 0 Å². The van der Waals surface area contributed by atoms with Gasteiger partial charge < -0.3 is 10.2 Å². The van der Waals surface area contributed by atoms with E-state index in [4.69, 9.17) is 5.11 Å². The van der Waals surface area contributed by atoms with Crippen LogP contribution in [0.25, 0.3) is 0 Å². The smallest absolute Gasteiger partial charge is 0.306 e. The summed E-state index contributed by atoms with van der Waals surface area (Å²) in [6, 6.07) is 0. The first-order valence-corrected chi connectivity index (χ1v) is 6.02. The van der Waals surface area contributed by atoms with Crippen molar-refractivity contribution >= 4 is 5.97 Å². The number of carbonyl (C=O) groups is 1. The van der Waals surface area contributed by atoms with E-state index >= 15 is 0 Å². The van der Waals surface area contributed by atoms with Gasteiger partial charge in [0.1, 0.15) is 0 Å². The second-order valence-electron chi connectivity index (χ2n) is 5.30. The summed E-state index contributed by atoms with van der Waals surface area (Å²) in [5.41, 5.74) is -0.983. The first-order valence-electron chi connectivity index (χ1n) is 6.02. The van der Waals surface area contributed by atoms with E-state index in [1.165, 1.54) is 6.42 Å². The summed E-state index contributed by atoms with van der Waals surface area (Å²) in [5, 5.41) is 19.4. The van der Waals surface area contributed by atoms with Crippen LogP contribution in [-0.4, -0.2) is 21.8 Å². The molecule has 0 radical (unpaired) electrons. The van der Waals surface area contributed by atoms with Crippen LogP contribution < -0.4 is 0 Å². The minimum atomic E-state index is -0.917. The van der Waals surface area contributed by atoms with Gasteiger partial charge in [-0.05, 0) is 37.5 Å². The molecule has 86 valence electrons. The molecule has 2 saturated carbocycles. The highest BCUT2D eigenvalue weighted by atomic mass is 16.4. The van der Waals surface area contributed by atoms with Crippen LogP contribution in [0.15, 0.2) is 0 Å². The van der Waals surface area contributed by atoms with Crippen LogP contribution >= 0.6 is 0 Å². The van der Waals surface area contributed by atoms with Crippen molar-refractivity contribution in [1.82, 2.24) is 0 Å². The maximum absolute atomic E-state index is 10.8. The van der Waals surface area contributed by atoms with E-state index < -0.39 is 11.6 Å². The maximum atomic E-state index is 10.8. The Morgan fingerprint density at radius 3 is 2.20 bits per heavy atom. The molecule has 3 heteroatoms. The van der Waals surface area contributed by atoms with Crippen LogP contribution in [0.5, 0.6) is 0 Å². The van der Waals surface area contributed by atoms with E-state index in [2.05, 4.69) is 0 Å². The molecule has 2 aliphatic carbocycles. The van der Waals surface area contributed by atoms with Crippen molar-refractivity contribution in [1.29, 1.82) is 0 Å². The van der Waals surface area contributed by atoms with Crippen molar-refractivity contribution in [2.45, 2.75) is 63.4 Å². The van der Waals surface area contributed by atoms with Crippen LogP contribution in [0.4, 0.5) is 0 Å². The molecule has 0 amide bonds. The molecule has 2 rings (SSSR count). The molecule has 0 aromatic carbocycles. The first kappa shape index (κ1) is 10.9. The molecule has 15 heavy (non-hydrogen) atoms. The predicted molar refractivity (Wildman–Crippen MR) is 56.6 cm³/mol. The number of hydrogen-bond donors (Lipinski definition) is 2. The van der Waals surface area contributed by atoms with Gasteiger partial charge in [-0.2, -0.15) is 0 Å². The highest BCUT2D eigenvalue weighted by molar-refractivity contribution is 5.68. The molecule has 0 aromatic rings. The van der Waals surface area contributed by atoms with Crippen LogP contribution in [0, 0.1) is 5.41 Å². The lowest BCUT2D eigenvalue weighted by molar-refractivity contribution is -0.150. The number of rotatable bonds is 2. The van der Waals surface area contributed by atoms with E-state index in [0.717, 1.165) is 38.5 Å². The molecule has 2 fully saturated rings. The van der Waals surface area contributed by atoms with Gasteiger partial charge in [-0.15, -0.1) is 0 Å². The molecule has 1 atom stereocenters. The van der Waals surface area contributed by atoms with E-state index in [0.29, 0.717) is 6.42 Å². The van der Waals surface area contributed by atoms with Crippen LogP contribution in [0.3, 0.4) is 0 Å². The van der Waals surface area contributed by atoms with Gasteiger partial charge >= 0.3 is 5.97 Å². The average molecular weight is 212 g/mol. The van der Waals surface area contributed by atoms with Crippen molar-refractivity contribution in [3.8, 4) is 0 Å².